The van der Waals surface area contributed by atoms with E-state index in [1.807, 2.05) is 6.07 Å². The molecule has 2 unspecified atom stereocenters. The molecule has 0 saturated carbocycles. The first-order valence-corrected chi connectivity index (χ1v) is 8.49. The van der Waals surface area contributed by atoms with E-state index in [4.69, 9.17) is 5.11 Å². The molecule has 0 amide bonds. The SMILES string of the molecule is O=C(O)C1C=CC(NS(=O)(=O)c2ccc3c(c2)CCC3)C1. The Balaban J connectivity index is 1.76. The van der Waals surface area contributed by atoms with Crippen LogP contribution in [0, 0.1) is 5.92 Å². The van der Waals surface area contributed by atoms with Gasteiger partial charge in [-0.05, 0) is 48.9 Å². The van der Waals surface area contributed by atoms with Crippen molar-refractivity contribution in [2.75, 3.05) is 0 Å². The molecule has 0 radical (unpaired) electrons. The zero-order valence-corrected chi connectivity index (χ0v) is 12.3. The summed E-state index contributed by atoms with van der Waals surface area (Å²) in [5.74, 6) is -1.54. The van der Waals surface area contributed by atoms with Gasteiger partial charge in [-0.15, -0.1) is 0 Å². The first-order valence-electron chi connectivity index (χ1n) is 7.01. The first-order chi connectivity index (χ1) is 9.95. The van der Waals surface area contributed by atoms with Crippen LogP contribution in [-0.2, 0) is 27.7 Å². The van der Waals surface area contributed by atoms with Crippen LogP contribution < -0.4 is 4.72 Å². The van der Waals surface area contributed by atoms with E-state index in [-0.39, 0.29) is 11.3 Å². The number of nitrogens with one attached hydrogen (secondary N) is 1. The van der Waals surface area contributed by atoms with Crippen LogP contribution in [0.5, 0.6) is 0 Å². The Bertz CT molecular complexity index is 708. The number of hydrogen-bond acceptors (Lipinski definition) is 3. The van der Waals surface area contributed by atoms with Crippen LogP contribution in [0.15, 0.2) is 35.2 Å². The summed E-state index contributed by atoms with van der Waals surface area (Å²) < 4.78 is 27.3. The zero-order chi connectivity index (χ0) is 15.0. The molecule has 0 aromatic heterocycles. The maximum atomic E-state index is 12.4. The van der Waals surface area contributed by atoms with Crippen molar-refractivity contribution in [3.8, 4) is 0 Å². The molecule has 2 aliphatic rings. The van der Waals surface area contributed by atoms with Gasteiger partial charge in [-0.2, -0.15) is 0 Å². The first kappa shape index (κ1) is 14.3. The van der Waals surface area contributed by atoms with Crippen LogP contribution in [0.25, 0.3) is 0 Å². The average molecular weight is 307 g/mol. The fraction of sp³-hybridized carbons (Fsp3) is 0.400. The summed E-state index contributed by atoms with van der Waals surface area (Å²) in [5, 5.41) is 8.92. The molecule has 1 aromatic carbocycles. The highest BCUT2D eigenvalue weighted by atomic mass is 32.2. The summed E-state index contributed by atoms with van der Waals surface area (Å²) in [6.07, 6.45) is 6.41. The fourth-order valence-electron chi connectivity index (χ4n) is 2.95. The van der Waals surface area contributed by atoms with E-state index in [0.717, 1.165) is 24.8 Å². The minimum atomic E-state index is -3.61. The van der Waals surface area contributed by atoms with E-state index in [2.05, 4.69) is 4.72 Å². The summed E-state index contributed by atoms with van der Waals surface area (Å²) in [6.45, 7) is 0. The summed E-state index contributed by atoms with van der Waals surface area (Å²) in [6, 6.07) is 4.78. The van der Waals surface area contributed by atoms with Gasteiger partial charge in [0, 0.05) is 6.04 Å². The Hall–Kier alpha value is -1.66. The molecule has 0 spiro atoms. The van der Waals surface area contributed by atoms with Crippen LogP contribution in [0.3, 0.4) is 0 Å². The Kier molecular flexibility index (Phi) is 3.59. The van der Waals surface area contributed by atoms with E-state index >= 15 is 0 Å². The Morgan fingerprint density at radius 1 is 1.19 bits per heavy atom. The maximum Gasteiger partial charge on any atom is 0.310 e. The minimum absolute atomic E-state index is 0.260. The number of carboxylic acids is 1. The van der Waals surface area contributed by atoms with Crippen molar-refractivity contribution >= 4 is 16.0 Å². The van der Waals surface area contributed by atoms with Crippen LogP contribution in [-0.4, -0.2) is 25.5 Å². The van der Waals surface area contributed by atoms with Crippen molar-refractivity contribution in [1.82, 2.24) is 4.72 Å². The fourth-order valence-corrected chi connectivity index (χ4v) is 4.21. The number of fused-ring (bicyclic) bond motifs is 1. The van der Waals surface area contributed by atoms with Crippen LogP contribution >= 0.6 is 0 Å². The molecule has 0 bridgehead atoms. The third kappa shape index (κ3) is 2.87. The third-order valence-corrected chi connectivity index (χ3v) is 5.58. The van der Waals surface area contributed by atoms with Crippen molar-refractivity contribution < 1.29 is 18.3 Å². The third-order valence-electron chi connectivity index (χ3n) is 4.09. The Morgan fingerprint density at radius 3 is 2.67 bits per heavy atom. The van der Waals surface area contributed by atoms with Gasteiger partial charge < -0.3 is 5.11 Å². The van der Waals surface area contributed by atoms with Gasteiger partial charge in [-0.25, -0.2) is 13.1 Å². The summed E-state index contributed by atoms with van der Waals surface area (Å²) in [4.78, 5) is 11.1. The number of carboxylic acid groups (broad SMARTS) is 1. The normalized spacial score (nSPS) is 24.2. The maximum absolute atomic E-state index is 12.4. The summed E-state index contributed by atoms with van der Waals surface area (Å²) >= 11 is 0. The molecule has 0 saturated heterocycles. The Morgan fingerprint density at radius 2 is 1.95 bits per heavy atom. The second kappa shape index (κ2) is 5.27. The van der Waals surface area contributed by atoms with Gasteiger partial charge in [-0.3, -0.25) is 4.79 Å². The number of benzene rings is 1. The molecule has 2 aliphatic carbocycles. The van der Waals surface area contributed by atoms with E-state index in [0.29, 0.717) is 0 Å². The topological polar surface area (TPSA) is 83.5 Å². The molecule has 3 rings (SSSR count). The second-order valence-electron chi connectivity index (χ2n) is 5.58. The standard InChI is InChI=1S/C15H17NO4S/c17-15(18)12-4-6-13(8-12)16-21(19,20)14-7-5-10-2-1-3-11(10)9-14/h4-7,9,12-13,16H,1-3,8H2,(H,17,18). The van der Waals surface area contributed by atoms with Gasteiger partial charge >= 0.3 is 5.97 Å². The number of aliphatic carboxylic acids is 1. The molecule has 2 N–H and O–H groups in total. The molecule has 0 aliphatic heterocycles. The second-order valence-corrected chi connectivity index (χ2v) is 7.29. The van der Waals surface area contributed by atoms with E-state index < -0.39 is 28.0 Å². The van der Waals surface area contributed by atoms with Gasteiger partial charge in [0.1, 0.15) is 0 Å². The van der Waals surface area contributed by atoms with E-state index in [1.54, 1.807) is 18.2 Å². The molecule has 21 heavy (non-hydrogen) atoms. The highest BCUT2D eigenvalue weighted by Crippen LogP contribution is 2.25. The smallest absolute Gasteiger partial charge is 0.310 e. The molecular formula is C15H17NO4S. The molecular weight excluding hydrogens is 290 g/mol. The lowest BCUT2D eigenvalue weighted by molar-refractivity contribution is -0.140. The molecule has 6 heteroatoms. The number of sulfonamides is 1. The summed E-state index contributed by atoms with van der Waals surface area (Å²) in [5.41, 5.74) is 2.32. The largest absolute Gasteiger partial charge is 0.481 e. The minimum Gasteiger partial charge on any atom is -0.481 e. The molecule has 1 aromatic rings. The van der Waals surface area contributed by atoms with Gasteiger partial charge in [0.2, 0.25) is 10.0 Å². The van der Waals surface area contributed by atoms with Crippen LogP contribution in [0.1, 0.15) is 24.0 Å². The van der Waals surface area contributed by atoms with Crippen LogP contribution in [0.2, 0.25) is 0 Å². The monoisotopic (exact) mass is 307 g/mol. The summed E-state index contributed by atoms with van der Waals surface area (Å²) in [7, 11) is -3.61. The van der Waals surface area contributed by atoms with E-state index in [9.17, 15) is 13.2 Å². The number of rotatable bonds is 4. The number of hydrogen-bond donors (Lipinski definition) is 2. The Labute approximate surface area is 123 Å². The molecule has 112 valence electrons. The lowest BCUT2D eigenvalue weighted by Crippen LogP contribution is -2.33. The highest BCUT2D eigenvalue weighted by Gasteiger charge is 2.28. The van der Waals surface area contributed by atoms with Crippen molar-refractivity contribution in [2.45, 2.75) is 36.6 Å². The zero-order valence-electron chi connectivity index (χ0n) is 11.5. The predicted molar refractivity (Wildman–Crippen MR) is 77.5 cm³/mol. The highest BCUT2D eigenvalue weighted by molar-refractivity contribution is 7.89. The quantitative estimate of drug-likeness (QED) is 0.825. The number of carbonyl (C=O) groups is 1. The lowest BCUT2D eigenvalue weighted by atomic mass is 10.1. The van der Waals surface area contributed by atoms with Crippen molar-refractivity contribution in [3.63, 3.8) is 0 Å². The number of aryl methyl sites for hydroxylation is 2. The van der Waals surface area contributed by atoms with Crippen molar-refractivity contribution in [3.05, 3.63) is 41.5 Å². The van der Waals surface area contributed by atoms with Gasteiger partial charge in [0.15, 0.2) is 0 Å². The van der Waals surface area contributed by atoms with Gasteiger partial charge in [0.05, 0.1) is 10.8 Å². The molecule has 0 heterocycles. The lowest BCUT2D eigenvalue weighted by Gasteiger charge is -2.13. The predicted octanol–water partition coefficient (Wildman–Crippen LogP) is 1.48. The molecule has 5 nitrogen and oxygen atoms in total. The van der Waals surface area contributed by atoms with Gasteiger partial charge in [0.25, 0.3) is 0 Å². The van der Waals surface area contributed by atoms with Crippen molar-refractivity contribution in [2.24, 2.45) is 5.92 Å². The van der Waals surface area contributed by atoms with Crippen LogP contribution in [0.4, 0.5) is 0 Å². The molecule has 0 fully saturated rings. The van der Waals surface area contributed by atoms with Crippen molar-refractivity contribution in [1.29, 1.82) is 0 Å². The average Bonchev–Trinajstić information content (AvgIpc) is 3.05. The molecule has 2 atom stereocenters. The van der Waals surface area contributed by atoms with E-state index in [1.165, 1.54) is 11.6 Å². The van der Waals surface area contributed by atoms with Gasteiger partial charge in [-0.1, -0.05) is 18.2 Å².